The first-order valence-corrected chi connectivity index (χ1v) is 5.87. The van der Waals surface area contributed by atoms with Crippen LogP contribution in [0.3, 0.4) is 0 Å². The normalized spacial score (nSPS) is 13.3. The van der Waals surface area contributed by atoms with Gasteiger partial charge < -0.3 is 4.90 Å². The average molecular weight is 256 g/mol. The Labute approximate surface area is 107 Å². The van der Waals surface area contributed by atoms with Crippen LogP contribution < -0.4 is 0 Å². The molecule has 1 unspecified atom stereocenters. The second-order valence-electron chi connectivity index (χ2n) is 5.20. The van der Waals surface area contributed by atoms with E-state index in [0.29, 0.717) is 5.69 Å². The zero-order chi connectivity index (χ0) is 13.2. The van der Waals surface area contributed by atoms with Crippen molar-refractivity contribution in [1.82, 2.24) is 15.1 Å². The summed E-state index contributed by atoms with van der Waals surface area (Å²) in [5, 5.41) is 7.75. The van der Waals surface area contributed by atoms with Crippen molar-refractivity contribution in [2.45, 2.75) is 33.7 Å². The van der Waals surface area contributed by atoms with Gasteiger partial charge in [-0.2, -0.15) is 0 Å². The number of rotatable bonds is 2. The van der Waals surface area contributed by atoms with Crippen LogP contribution in [0.15, 0.2) is 12.1 Å². The Morgan fingerprint density at radius 2 is 1.94 bits per heavy atom. The lowest BCUT2D eigenvalue weighted by atomic mass is 9.87. The monoisotopic (exact) mass is 255 g/mol. The molecule has 0 radical (unpaired) electrons. The van der Waals surface area contributed by atoms with Gasteiger partial charge in [0.2, 0.25) is 0 Å². The number of hydrogen-bond donors (Lipinski definition) is 0. The Hall–Kier alpha value is -1.16. The first-order valence-electron chi connectivity index (χ1n) is 5.50. The third kappa shape index (κ3) is 3.40. The highest BCUT2D eigenvalue weighted by Crippen LogP contribution is 2.23. The first kappa shape index (κ1) is 13.9. The fourth-order valence-electron chi connectivity index (χ4n) is 1.37. The molecular weight excluding hydrogens is 238 g/mol. The maximum absolute atomic E-state index is 12.1. The summed E-state index contributed by atoms with van der Waals surface area (Å²) < 4.78 is 0. The highest BCUT2D eigenvalue weighted by Gasteiger charge is 2.28. The predicted molar refractivity (Wildman–Crippen MR) is 68.1 cm³/mol. The average Bonchev–Trinajstić information content (AvgIpc) is 2.26. The summed E-state index contributed by atoms with van der Waals surface area (Å²) in [5.74, 6) is -0.142. The van der Waals surface area contributed by atoms with Gasteiger partial charge in [-0.3, -0.25) is 4.79 Å². The fraction of sp³-hybridized carbons (Fsp3) is 0.583. The largest absolute Gasteiger partial charge is 0.337 e. The third-order valence-electron chi connectivity index (χ3n) is 3.01. The first-order chi connectivity index (χ1) is 7.73. The van der Waals surface area contributed by atoms with E-state index < -0.39 is 0 Å². The number of aromatic nitrogens is 2. The van der Waals surface area contributed by atoms with Gasteiger partial charge >= 0.3 is 0 Å². The molecule has 1 aromatic heterocycles. The molecule has 1 heterocycles. The lowest BCUT2D eigenvalue weighted by Gasteiger charge is -2.35. The molecule has 1 aromatic rings. The molecule has 0 aliphatic heterocycles. The van der Waals surface area contributed by atoms with Gasteiger partial charge in [0.05, 0.1) is 0 Å². The minimum Gasteiger partial charge on any atom is -0.337 e. The molecule has 17 heavy (non-hydrogen) atoms. The molecule has 0 aliphatic rings. The smallest absolute Gasteiger partial charge is 0.274 e. The van der Waals surface area contributed by atoms with Gasteiger partial charge in [0, 0.05) is 13.1 Å². The fourth-order valence-corrected chi connectivity index (χ4v) is 1.47. The van der Waals surface area contributed by atoms with Crippen LogP contribution in [0.1, 0.15) is 38.2 Å². The van der Waals surface area contributed by atoms with E-state index in [1.807, 2.05) is 6.92 Å². The number of nitrogens with zero attached hydrogens (tertiary/aromatic N) is 3. The van der Waals surface area contributed by atoms with E-state index in [1.165, 1.54) is 0 Å². The van der Waals surface area contributed by atoms with Gasteiger partial charge in [0.25, 0.3) is 5.91 Å². The Balaban J connectivity index is 2.87. The molecule has 0 fully saturated rings. The van der Waals surface area contributed by atoms with Gasteiger partial charge in [-0.25, -0.2) is 0 Å². The van der Waals surface area contributed by atoms with Crippen molar-refractivity contribution in [2.24, 2.45) is 5.41 Å². The van der Waals surface area contributed by atoms with Gasteiger partial charge in [0.15, 0.2) is 10.8 Å². The second-order valence-corrected chi connectivity index (χ2v) is 5.59. The molecule has 0 saturated carbocycles. The number of halogens is 1. The number of hydrogen-bond acceptors (Lipinski definition) is 3. The van der Waals surface area contributed by atoms with Crippen molar-refractivity contribution in [3.8, 4) is 0 Å². The van der Waals surface area contributed by atoms with Crippen molar-refractivity contribution in [3.63, 3.8) is 0 Å². The summed E-state index contributed by atoms with van der Waals surface area (Å²) in [6.45, 7) is 8.29. The summed E-state index contributed by atoms with van der Waals surface area (Å²) in [7, 11) is 1.77. The molecule has 4 nitrogen and oxygen atoms in total. The minimum absolute atomic E-state index is 0.0181. The summed E-state index contributed by atoms with van der Waals surface area (Å²) in [6, 6.07) is 3.26. The standard InChI is InChI=1S/C12H18ClN3O/c1-8(12(2,3)4)16(5)11(17)9-6-7-10(13)15-14-9/h6-8H,1-5H3. The van der Waals surface area contributed by atoms with Crippen molar-refractivity contribution >= 4 is 17.5 Å². The Morgan fingerprint density at radius 3 is 2.35 bits per heavy atom. The molecule has 0 saturated heterocycles. The van der Waals surface area contributed by atoms with Crippen LogP contribution in [0.25, 0.3) is 0 Å². The molecule has 0 aromatic carbocycles. The number of carbonyl (C=O) groups is 1. The van der Waals surface area contributed by atoms with E-state index in [-0.39, 0.29) is 22.5 Å². The third-order valence-corrected chi connectivity index (χ3v) is 3.21. The van der Waals surface area contributed by atoms with Gasteiger partial charge in [-0.1, -0.05) is 32.4 Å². The van der Waals surface area contributed by atoms with Crippen LogP contribution in [0.5, 0.6) is 0 Å². The van der Waals surface area contributed by atoms with E-state index in [9.17, 15) is 4.79 Å². The Kier molecular flexibility index (Phi) is 4.09. The van der Waals surface area contributed by atoms with E-state index in [2.05, 4.69) is 31.0 Å². The molecule has 1 atom stereocenters. The van der Waals surface area contributed by atoms with Crippen molar-refractivity contribution in [3.05, 3.63) is 23.0 Å². The van der Waals surface area contributed by atoms with E-state index in [0.717, 1.165) is 0 Å². The number of carbonyl (C=O) groups excluding carboxylic acids is 1. The van der Waals surface area contributed by atoms with E-state index >= 15 is 0 Å². The zero-order valence-corrected chi connectivity index (χ0v) is 11.6. The minimum atomic E-state index is -0.142. The summed E-state index contributed by atoms with van der Waals surface area (Å²) in [6.07, 6.45) is 0. The molecule has 1 amide bonds. The van der Waals surface area contributed by atoms with Gasteiger partial charge in [-0.15, -0.1) is 10.2 Å². The maximum atomic E-state index is 12.1. The van der Waals surface area contributed by atoms with Crippen LogP contribution in [0.4, 0.5) is 0 Å². The molecule has 0 bridgehead atoms. The molecule has 1 rings (SSSR count). The SMILES string of the molecule is CC(N(C)C(=O)c1ccc(Cl)nn1)C(C)(C)C. The molecule has 0 aliphatic carbocycles. The summed E-state index contributed by atoms with van der Waals surface area (Å²) in [5.41, 5.74) is 0.331. The molecular formula is C12H18ClN3O. The summed E-state index contributed by atoms with van der Waals surface area (Å²) >= 11 is 5.63. The van der Waals surface area contributed by atoms with Crippen LogP contribution in [-0.4, -0.2) is 34.1 Å². The molecule has 5 heteroatoms. The second kappa shape index (κ2) is 5.00. The lowest BCUT2D eigenvalue weighted by molar-refractivity contribution is 0.0622. The van der Waals surface area contributed by atoms with Crippen LogP contribution in [0.2, 0.25) is 5.15 Å². The quantitative estimate of drug-likeness (QED) is 0.816. The highest BCUT2D eigenvalue weighted by atomic mass is 35.5. The van der Waals surface area contributed by atoms with E-state index in [1.54, 1.807) is 24.1 Å². The summed E-state index contributed by atoms with van der Waals surface area (Å²) in [4.78, 5) is 13.8. The topological polar surface area (TPSA) is 46.1 Å². The number of amides is 1. The lowest BCUT2D eigenvalue weighted by Crippen LogP contribution is -2.43. The predicted octanol–water partition coefficient (Wildman–Crippen LogP) is 2.64. The van der Waals surface area contributed by atoms with Gasteiger partial charge in [-0.05, 0) is 24.5 Å². The maximum Gasteiger partial charge on any atom is 0.274 e. The molecule has 0 spiro atoms. The zero-order valence-electron chi connectivity index (χ0n) is 10.9. The molecule has 94 valence electrons. The Bertz CT molecular complexity index is 397. The van der Waals surface area contributed by atoms with Crippen LogP contribution in [0, 0.1) is 5.41 Å². The Morgan fingerprint density at radius 1 is 1.35 bits per heavy atom. The molecule has 0 N–H and O–H groups in total. The highest BCUT2D eigenvalue weighted by molar-refractivity contribution is 6.29. The van der Waals surface area contributed by atoms with Crippen molar-refractivity contribution in [1.29, 1.82) is 0 Å². The van der Waals surface area contributed by atoms with Crippen molar-refractivity contribution in [2.75, 3.05) is 7.05 Å². The van der Waals surface area contributed by atoms with Gasteiger partial charge in [0.1, 0.15) is 0 Å². The van der Waals surface area contributed by atoms with E-state index in [4.69, 9.17) is 11.6 Å². The van der Waals surface area contributed by atoms with Crippen molar-refractivity contribution < 1.29 is 4.79 Å². The van der Waals surface area contributed by atoms with Crippen LogP contribution >= 0.6 is 11.6 Å². The van der Waals surface area contributed by atoms with Crippen LogP contribution in [-0.2, 0) is 0 Å².